The molecule has 0 radical (unpaired) electrons. The number of benzene rings is 1. The first kappa shape index (κ1) is 18.0. The van der Waals surface area contributed by atoms with Crippen molar-refractivity contribution < 1.29 is 4.63 Å². The normalized spacial score (nSPS) is 23.0. The molecule has 2 aromatic heterocycles. The van der Waals surface area contributed by atoms with E-state index in [-0.39, 0.29) is 12.0 Å². The molecule has 0 bridgehead atoms. The minimum atomic E-state index is -0.370. The molecule has 2 atom stereocenters. The number of H-pyrrole nitrogens is 1. The topological polar surface area (TPSA) is 87.6 Å². The van der Waals surface area contributed by atoms with Gasteiger partial charge in [-0.1, -0.05) is 19.1 Å². The lowest BCUT2D eigenvalue weighted by molar-refractivity contribution is 0.208. The highest BCUT2D eigenvalue weighted by Gasteiger charge is 2.44. The standard InChI is InChI=1S/C21H23N7O/c1-3-9-28-10-7-13(8-11-28)18-20(22-2)17(15-12-23-25-21(15)24-18)14-5-4-6-16-19(14)27-29-26-16/h4-6,12-13,17,20H,3,7-11H2,1H3,(H,23,25). The smallest absolute Gasteiger partial charge is 0.272 e. The van der Waals surface area contributed by atoms with Crippen LogP contribution in [0.4, 0.5) is 5.82 Å². The van der Waals surface area contributed by atoms with Gasteiger partial charge in [-0.15, -0.1) is 0 Å². The fourth-order valence-corrected chi connectivity index (χ4v) is 4.80. The van der Waals surface area contributed by atoms with Crippen LogP contribution in [0.5, 0.6) is 0 Å². The molecule has 2 aliphatic rings. The fourth-order valence-electron chi connectivity index (χ4n) is 4.80. The number of likely N-dealkylation sites (tertiary alicyclic amines) is 1. The lowest BCUT2D eigenvalue weighted by Crippen LogP contribution is -2.41. The van der Waals surface area contributed by atoms with Gasteiger partial charge >= 0.3 is 0 Å². The molecule has 1 aromatic carbocycles. The Hall–Kier alpha value is -3.05. The van der Waals surface area contributed by atoms with Crippen LogP contribution in [0.25, 0.3) is 15.9 Å². The summed E-state index contributed by atoms with van der Waals surface area (Å²) in [6, 6.07) is 5.46. The van der Waals surface area contributed by atoms with Gasteiger partial charge in [-0.05, 0) is 60.8 Å². The van der Waals surface area contributed by atoms with Gasteiger partial charge in [0, 0.05) is 11.5 Å². The minimum Gasteiger partial charge on any atom is -0.306 e. The third-order valence-corrected chi connectivity index (χ3v) is 6.18. The summed E-state index contributed by atoms with van der Waals surface area (Å²) in [7, 11) is 0. The lowest BCUT2D eigenvalue weighted by atomic mass is 9.76. The summed E-state index contributed by atoms with van der Waals surface area (Å²) in [6.07, 6.45) is 5.04. The zero-order chi connectivity index (χ0) is 19.8. The SMILES string of the molecule is [C-]#[N+]C1C(C2CCN(CCC)CC2)=Nc2[nH]ncc2C1c1cccc2nonc12. The van der Waals surface area contributed by atoms with Crippen molar-refractivity contribution in [3.8, 4) is 0 Å². The van der Waals surface area contributed by atoms with E-state index in [9.17, 15) is 0 Å². The van der Waals surface area contributed by atoms with Crippen LogP contribution in [0.2, 0.25) is 0 Å². The molecule has 1 saturated heterocycles. The van der Waals surface area contributed by atoms with E-state index in [0.29, 0.717) is 17.0 Å². The molecule has 2 unspecified atom stereocenters. The first-order valence-electron chi connectivity index (χ1n) is 10.2. The van der Waals surface area contributed by atoms with E-state index in [2.05, 4.69) is 37.2 Å². The molecule has 2 aliphatic heterocycles. The van der Waals surface area contributed by atoms with Crippen molar-refractivity contribution in [3.05, 3.63) is 46.9 Å². The Morgan fingerprint density at radius 2 is 2.10 bits per heavy atom. The summed E-state index contributed by atoms with van der Waals surface area (Å²) in [5.41, 5.74) is 4.27. The summed E-state index contributed by atoms with van der Waals surface area (Å²) in [6.45, 7) is 13.5. The second kappa shape index (κ2) is 7.41. The number of hydrogen-bond acceptors (Lipinski definition) is 6. The van der Waals surface area contributed by atoms with E-state index in [0.717, 1.165) is 55.1 Å². The second-order valence-corrected chi connectivity index (χ2v) is 7.86. The largest absolute Gasteiger partial charge is 0.306 e. The van der Waals surface area contributed by atoms with Crippen molar-refractivity contribution in [1.82, 2.24) is 25.4 Å². The Morgan fingerprint density at radius 1 is 1.24 bits per heavy atom. The number of rotatable bonds is 4. The summed E-state index contributed by atoms with van der Waals surface area (Å²) >= 11 is 0. The molecule has 1 N–H and O–H groups in total. The Morgan fingerprint density at radius 3 is 2.90 bits per heavy atom. The average molecular weight is 389 g/mol. The van der Waals surface area contributed by atoms with E-state index < -0.39 is 0 Å². The monoisotopic (exact) mass is 389 g/mol. The molecule has 8 nitrogen and oxygen atoms in total. The van der Waals surface area contributed by atoms with Gasteiger partial charge in [-0.25, -0.2) is 16.2 Å². The maximum Gasteiger partial charge on any atom is 0.272 e. The average Bonchev–Trinajstić information content (AvgIpc) is 3.42. The predicted molar refractivity (Wildman–Crippen MR) is 109 cm³/mol. The van der Waals surface area contributed by atoms with Gasteiger partial charge in [-0.3, -0.25) is 5.10 Å². The third kappa shape index (κ3) is 3.02. The van der Waals surface area contributed by atoms with Gasteiger partial charge in [0.15, 0.2) is 5.82 Å². The van der Waals surface area contributed by atoms with Crippen LogP contribution in [0.3, 0.4) is 0 Å². The maximum atomic E-state index is 8.04. The van der Waals surface area contributed by atoms with Gasteiger partial charge in [0.2, 0.25) is 0 Å². The molecule has 1 fully saturated rings. The van der Waals surface area contributed by atoms with E-state index in [4.69, 9.17) is 16.2 Å². The van der Waals surface area contributed by atoms with Crippen LogP contribution in [-0.4, -0.2) is 56.8 Å². The van der Waals surface area contributed by atoms with E-state index in [1.54, 1.807) is 6.20 Å². The number of piperidine rings is 1. The van der Waals surface area contributed by atoms with E-state index in [1.807, 2.05) is 18.2 Å². The van der Waals surface area contributed by atoms with Gasteiger partial charge in [0.05, 0.1) is 12.1 Å². The van der Waals surface area contributed by atoms with Crippen molar-refractivity contribution in [2.45, 2.75) is 38.1 Å². The number of aliphatic imine (C=N–C) groups is 1. The number of aromatic nitrogens is 4. The zero-order valence-electron chi connectivity index (χ0n) is 16.4. The summed E-state index contributed by atoms with van der Waals surface area (Å²) in [4.78, 5) is 11.5. The van der Waals surface area contributed by atoms with Gasteiger partial charge in [-0.2, -0.15) is 5.10 Å². The predicted octanol–water partition coefficient (Wildman–Crippen LogP) is 3.57. The molecule has 0 aliphatic carbocycles. The zero-order valence-corrected chi connectivity index (χ0v) is 16.4. The second-order valence-electron chi connectivity index (χ2n) is 7.86. The lowest BCUT2D eigenvalue weighted by Gasteiger charge is -2.34. The Labute approximate surface area is 168 Å². The van der Waals surface area contributed by atoms with Crippen LogP contribution in [0.1, 0.15) is 43.2 Å². The highest BCUT2D eigenvalue weighted by molar-refractivity contribution is 5.99. The highest BCUT2D eigenvalue weighted by Crippen LogP contribution is 2.43. The third-order valence-electron chi connectivity index (χ3n) is 6.18. The highest BCUT2D eigenvalue weighted by atomic mass is 16.6. The summed E-state index contributed by atoms with van der Waals surface area (Å²) < 4.78 is 4.98. The van der Waals surface area contributed by atoms with Crippen LogP contribution >= 0.6 is 0 Å². The van der Waals surface area contributed by atoms with E-state index >= 15 is 0 Å². The van der Waals surface area contributed by atoms with Crippen LogP contribution < -0.4 is 0 Å². The fraction of sp³-hybridized carbons (Fsp3) is 0.476. The van der Waals surface area contributed by atoms with E-state index in [1.165, 1.54) is 6.42 Å². The van der Waals surface area contributed by atoms with Crippen LogP contribution in [0.15, 0.2) is 34.0 Å². The van der Waals surface area contributed by atoms with Crippen molar-refractivity contribution >= 4 is 22.6 Å². The Bertz CT molecular complexity index is 1080. The molecule has 8 heteroatoms. The molecule has 4 heterocycles. The van der Waals surface area contributed by atoms with Crippen molar-refractivity contribution in [2.75, 3.05) is 19.6 Å². The molecule has 5 rings (SSSR count). The maximum absolute atomic E-state index is 8.04. The minimum absolute atomic E-state index is 0.182. The molecular weight excluding hydrogens is 366 g/mol. The van der Waals surface area contributed by atoms with Crippen LogP contribution in [-0.2, 0) is 0 Å². The number of aromatic amines is 1. The first-order valence-corrected chi connectivity index (χ1v) is 10.2. The number of nitrogens with zero attached hydrogens (tertiary/aromatic N) is 6. The van der Waals surface area contributed by atoms with Gasteiger partial charge in [0.25, 0.3) is 6.04 Å². The molecule has 0 spiro atoms. The van der Waals surface area contributed by atoms with Crippen molar-refractivity contribution in [2.24, 2.45) is 10.9 Å². The number of hydrogen-bond donors (Lipinski definition) is 1. The van der Waals surface area contributed by atoms with Gasteiger partial charge in [0.1, 0.15) is 16.7 Å². The molecule has 148 valence electrons. The van der Waals surface area contributed by atoms with Crippen LogP contribution in [0, 0.1) is 12.5 Å². The van der Waals surface area contributed by atoms with Crippen molar-refractivity contribution in [1.29, 1.82) is 0 Å². The number of fused-ring (bicyclic) bond motifs is 2. The molecule has 29 heavy (non-hydrogen) atoms. The van der Waals surface area contributed by atoms with Crippen molar-refractivity contribution in [3.63, 3.8) is 0 Å². The first-order chi connectivity index (χ1) is 14.3. The number of nitrogens with one attached hydrogen (secondary N) is 1. The Kier molecular flexibility index (Phi) is 4.60. The molecule has 0 amide bonds. The Balaban J connectivity index is 1.55. The summed E-state index contributed by atoms with van der Waals surface area (Å²) in [5.74, 6) is 0.892. The quantitative estimate of drug-likeness (QED) is 0.689. The molecular formula is C21H23N7O. The summed E-state index contributed by atoms with van der Waals surface area (Å²) in [5, 5.41) is 15.4. The molecule has 0 saturated carbocycles. The molecule has 3 aromatic rings. The van der Waals surface area contributed by atoms with Gasteiger partial charge < -0.3 is 9.74 Å².